The van der Waals surface area contributed by atoms with E-state index in [2.05, 4.69) is 32.2 Å². The van der Waals surface area contributed by atoms with Crippen LogP contribution in [0.5, 0.6) is 0 Å². The van der Waals surface area contributed by atoms with Crippen molar-refractivity contribution in [3.8, 4) is 0 Å². The molecule has 1 aromatic heterocycles. The van der Waals surface area contributed by atoms with Crippen LogP contribution in [0.4, 0.5) is 0 Å². The van der Waals surface area contributed by atoms with E-state index in [-0.39, 0.29) is 0 Å². The minimum atomic E-state index is 0.504. The van der Waals surface area contributed by atoms with E-state index in [0.717, 1.165) is 13.2 Å². The molecule has 2 heterocycles. The summed E-state index contributed by atoms with van der Waals surface area (Å²) in [6, 6.07) is 2.85. The fourth-order valence-electron chi connectivity index (χ4n) is 2.83. The molecule has 2 atom stereocenters. The zero-order valence-electron chi connectivity index (χ0n) is 11.8. The van der Waals surface area contributed by atoms with Crippen molar-refractivity contribution in [2.75, 3.05) is 13.2 Å². The van der Waals surface area contributed by atoms with Gasteiger partial charge in [0.05, 0.1) is 6.10 Å². The zero-order valence-corrected chi connectivity index (χ0v) is 12.6. The minimum absolute atomic E-state index is 0.504. The highest BCUT2D eigenvalue weighted by Gasteiger charge is 2.20. The average Bonchev–Trinajstić information content (AvgIpc) is 2.94. The molecule has 0 aromatic carbocycles. The van der Waals surface area contributed by atoms with Gasteiger partial charge < -0.3 is 10.1 Å². The van der Waals surface area contributed by atoms with Gasteiger partial charge in [-0.25, -0.2) is 0 Å². The van der Waals surface area contributed by atoms with Gasteiger partial charge in [-0.05, 0) is 57.7 Å². The fourth-order valence-corrected chi connectivity index (χ4v) is 3.82. The molecular weight excluding hydrogens is 242 g/mol. The lowest BCUT2D eigenvalue weighted by Crippen LogP contribution is -2.22. The van der Waals surface area contributed by atoms with Crippen LogP contribution in [0.2, 0.25) is 0 Å². The van der Waals surface area contributed by atoms with Crippen molar-refractivity contribution >= 4 is 11.3 Å². The van der Waals surface area contributed by atoms with E-state index in [1.165, 1.54) is 41.0 Å². The third kappa shape index (κ3) is 3.56. The summed E-state index contributed by atoms with van der Waals surface area (Å²) in [6.45, 7) is 8.62. The Morgan fingerprint density at radius 3 is 2.89 bits per heavy atom. The third-order valence-corrected chi connectivity index (χ3v) is 4.69. The Kier molecular flexibility index (Phi) is 5.22. The van der Waals surface area contributed by atoms with Gasteiger partial charge in [0.2, 0.25) is 0 Å². The molecule has 0 bridgehead atoms. The van der Waals surface area contributed by atoms with Gasteiger partial charge in [0.25, 0.3) is 0 Å². The van der Waals surface area contributed by atoms with Crippen LogP contribution in [-0.4, -0.2) is 19.3 Å². The highest BCUT2D eigenvalue weighted by molar-refractivity contribution is 7.12. The maximum absolute atomic E-state index is 5.73. The van der Waals surface area contributed by atoms with Crippen LogP contribution in [0.3, 0.4) is 0 Å². The first-order chi connectivity index (χ1) is 8.70. The summed E-state index contributed by atoms with van der Waals surface area (Å²) >= 11 is 1.91. The van der Waals surface area contributed by atoms with Crippen LogP contribution in [0.1, 0.15) is 54.0 Å². The molecule has 3 heteroatoms. The molecule has 2 nitrogen and oxygen atoms in total. The van der Waals surface area contributed by atoms with Crippen molar-refractivity contribution in [3.05, 3.63) is 21.4 Å². The van der Waals surface area contributed by atoms with E-state index in [4.69, 9.17) is 4.74 Å². The van der Waals surface area contributed by atoms with Gasteiger partial charge in [0.15, 0.2) is 0 Å². The largest absolute Gasteiger partial charge is 0.378 e. The summed E-state index contributed by atoms with van der Waals surface area (Å²) in [6.07, 6.45) is 5.38. The number of thiophene rings is 1. The van der Waals surface area contributed by atoms with Crippen molar-refractivity contribution in [2.24, 2.45) is 0 Å². The molecule has 1 fully saturated rings. The predicted molar refractivity (Wildman–Crippen MR) is 78.4 cm³/mol. The van der Waals surface area contributed by atoms with E-state index in [0.29, 0.717) is 12.1 Å². The Hall–Kier alpha value is -0.380. The molecule has 1 aromatic rings. The number of nitrogens with one attached hydrogen (secondary N) is 1. The van der Waals surface area contributed by atoms with Gasteiger partial charge in [-0.1, -0.05) is 6.92 Å². The summed E-state index contributed by atoms with van der Waals surface area (Å²) in [5.41, 5.74) is 1.50. The van der Waals surface area contributed by atoms with Crippen LogP contribution < -0.4 is 5.32 Å². The van der Waals surface area contributed by atoms with Crippen molar-refractivity contribution in [1.29, 1.82) is 0 Å². The molecule has 1 aliphatic rings. The Bertz CT molecular complexity index is 369. The second kappa shape index (κ2) is 6.69. The van der Waals surface area contributed by atoms with E-state index in [1.807, 2.05) is 11.3 Å². The molecule has 18 heavy (non-hydrogen) atoms. The predicted octanol–water partition coefficient (Wildman–Crippen LogP) is 3.97. The Morgan fingerprint density at radius 1 is 1.50 bits per heavy atom. The third-order valence-electron chi connectivity index (χ3n) is 3.71. The summed E-state index contributed by atoms with van der Waals surface area (Å²) < 4.78 is 5.73. The standard InChI is InChI=1S/C15H25NOS/c1-4-16-15(8-7-13-6-5-9-17-13)14-10-11(2)18-12(14)3/h10,13,15-16H,4-9H2,1-3H3. The average molecular weight is 267 g/mol. The van der Waals surface area contributed by atoms with E-state index in [1.54, 1.807) is 0 Å². The molecule has 102 valence electrons. The van der Waals surface area contributed by atoms with Gasteiger partial charge >= 0.3 is 0 Å². The van der Waals surface area contributed by atoms with Crippen molar-refractivity contribution < 1.29 is 4.74 Å². The number of hydrogen-bond acceptors (Lipinski definition) is 3. The normalized spacial score (nSPS) is 21.4. The van der Waals surface area contributed by atoms with Gasteiger partial charge in [0, 0.05) is 22.4 Å². The Labute approximate surface area is 115 Å². The number of rotatable bonds is 6. The lowest BCUT2D eigenvalue weighted by Gasteiger charge is -2.20. The first kappa shape index (κ1) is 14.0. The number of ether oxygens (including phenoxy) is 1. The van der Waals surface area contributed by atoms with Crippen molar-refractivity contribution in [1.82, 2.24) is 5.32 Å². The van der Waals surface area contributed by atoms with Crippen LogP contribution in [-0.2, 0) is 4.74 Å². The molecule has 0 spiro atoms. The molecular formula is C15H25NOS. The lowest BCUT2D eigenvalue weighted by atomic mass is 9.99. The number of hydrogen-bond donors (Lipinski definition) is 1. The first-order valence-electron chi connectivity index (χ1n) is 7.12. The summed E-state index contributed by atoms with van der Waals surface area (Å²) in [5.74, 6) is 0. The summed E-state index contributed by atoms with van der Waals surface area (Å²) in [7, 11) is 0. The zero-order chi connectivity index (χ0) is 13.0. The molecule has 0 aliphatic carbocycles. The molecule has 2 rings (SSSR count). The van der Waals surface area contributed by atoms with E-state index < -0.39 is 0 Å². The monoisotopic (exact) mass is 267 g/mol. The highest BCUT2D eigenvalue weighted by atomic mass is 32.1. The van der Waals surface area contributed by atoms with Crippen LogP contribution in [0, 0.1) is 13.8 Å². The fraction of sp³-hybridized carbons (Fsp3) is 0.733. The van der Waals surface area contributed by atoms with Gasteiger partial charge in [-0.2, -0.15) is 0 Å². The van der Waals surface area contributed by atoms with E-state index in [9.17, 15) is 0 Å². The second-order valence-corrected chi connectivity index (χ2v) is 6.65. The number of aryl methyl sites for hydroxylation is 2. The van der Waals surface area contributed by atoms with Crippen LogP contribution in [0.15, 0.2) is 6.07 Å². The lowest BCUT2D eigenvalue weighted by molar-refractivity contribution is 0.0996. The molecule has 1 saturated heterocycles. The van der Waals surface area contributed by atoms with Crippen LogP contribution >= 0.6 is 11.3 Å². The minimum Gasteiger partial charge on any atom is -0.378 e. The highest BCUT2D eigenvalue weighted by Crippen LogP contribution is 2.30. The molecule has 1 N–H and O–H groups in total. The summed E-state index contributed by atoms with van der Waals surface area (Å²) in [5, 5.41) is 3.63. The molecule has 0 saturated carbocycles. The second-order valence-electron chi connectivity index (χ2n) is 5.19. The molecule has 1 aliphatic heterocycles. The van der Waals surface area contributed by atoms with E-state index >= 15 is 0 Å². The Morgan fingerprint density at radius 2 is 2.33 bits per heavy atom. The quantitative estimate of drug-likeness (QED) is 0.842. The van der Waals surface area contributed by atoms with Gasteiger partial charge in [0.1, 0.15) is 0 Å². The van der Waals surface area contributed by atoms with Crippen molar-refractivity contribution in [2.45, 2.75) is 58.6 Å². The SMILES string of the molecule is CCNC(CCC1CCCO1)c1cc(C)sc1C. The Balaban J connectivity index is 1.96. The van der Waals surface area contributed by atoms with Crippen molar-refractivity contribution in [3.63, 3.8) is 0 Å². The van der Waals surface area contributed by atoms with Gasteiger partial charge in [-0.15, -0.1) is 11.3 Å². The van der Waals surface area contributed by atoms with Crippen LogP contribution in [0.25, 0.3) is 0 Å². The molecule has 0 amide bonds. The van der Waals surface area contributed by atoms with Gasteiger partial charge in [-0.3, -0.25) is 0 Å². The topological polar surface area (TPSA) is 21.3 Å². The summed E-state index contributed by atoms with van der Waals surface area (Å²) in [4.78, 5) is 2.88. The maximum atomic E-state index is 5.73. The molecule has 2 unspecified atom stereocenters. The maximum Gasteiger partial charge on any atom is 0.0576 e. The first-order valence-corrected chi connectivity index (χ1v) is 7.94. The smallest absolute Gasteiger partial charge is 0.0576 e. The molecule has 0 radical (unpaired) electrons.